The van der Waals surface area contributed by atoms with E-state index in [1.165, 1.54) is 46.0 Å². The molecular formula is C22H21ClFN3O3S2. The molecule has 1 N–H and O–H groups in total. The molecule has 0 atom stereocenters. The molecule has 0 radical (unpaired) electrons. The molecule has 1 amide bonds. The Kier molecular flexibility index (Phi) is 6.90. The maximum Gasteiger partial charge on any atom is 0.257 e. The molecule has 32 heavy (non-hydrogen) atoms. The predicted octanol–water partition coefficient (Wildman–Crippen LogP) is 4.95. The van der Waals surface area contributed by atoms with E-state index in [2.05, 4.69) is 10.3 Å². The summed E-state index contributed by atoms with van der Waals surface area (Å²) >= 11 is 7.46. The standard InChI is InChI=1S/C22H21ClFN3O3S2/c23-19-8-7-16(13-20(19)32(29,30)27-9-2-1-3-10-27)21(28)26-22-25-14-18(31-22)12-15-5-4-6-17(24)11-15/h4-8,11,13-14H,1-3,9-10,12H2,(H,25,26,28). The molecule has 168 valence electrons. The van der Waals surface area contributed by atoms with Gasteiger partial charge in [0.25, 0.3) is 5.91 Å². The first-order chi connectivity index (χ1) is 15.3. The smallest absolute Gasteiger partial charge is 0.257 e. The first-order valence-electron chi connectivity index (χ1n) is 10.1. The fourth-order valence-corrected chi connectivity index (χ4v) is 6.41. The number of hydrogen-bond acceptors (Lipinski definition) is 5. The number of carbonyl (C=O) groups excluding carboxylic acids is 1. The number of benzene rings is 2. The molecule has 0 unspecified atom stereocenters. The fourth-order valence-electron chi connectivity index (χ4n) is 3.55. The Labute approximate surface area is 195 Å². The number of amides is 1. The van der Waals surface area contributed by atoms with Crippen molar-refractivity contribution < 1.29 is 17.6 Å². The maximum atomic E-state index is 13.4. The molecule has 0 aliphatic carbocycles. The average Bonchev–Trinajstić information content (AvgIpc) is 3.21. The number of carbonyl (C=O) groups is 1. The van der Waals surface area contributed by atoms with Gasteiger partial charge in [-0.05, 0) is 48.7 Å². The van der Waals surface area contributed by atoms with Crippen LogP contribution in [-0.2, 0) is 16.4 Å². The molecule has 1 aromatic heterocycles. The van der Waals surface area contributed by atoms with E-state index in [1.54, 1.807) is 12.3 Å². The number of nitrogens with one attached hydrogen (secondary N) is 1. The summed E-state index contributed by atoms with van der Waals surface area (Å²) in [6.07, 6.45) is 4.72. The van der Waals surface area contributed by atoms with Crippen LogP contribution in [0.5, 0.6) is 0 Å². The van der Waals surface area contributed by atoms with Crippen LogP contribution >= 0.6 is 22.9 Å². The lowest BCUT2D eigenvalue weighted by molar-refractivity contribution is 0.102. The summed E-state index contributed by atoms with van der Waals surface area (Å²) in [7, 11) is -3.78. The van der Waals surface area contributed by atoms with Crippen molar-refractivity contribution in [2.45, 2.75) is 30.6 Å². The summed E-state index contributed by atoms with van der Waals surface area (Å²) < 4.78 is 40.8. The highest BCUT2D eigenvalue weighted by atomic mass is 35.5. The minimum atomic E-state index is -3.78. The van der Waals surface area contributed by atoms with Crippen LogP contribution in [0.1, 0.15) is 40.1 Å². The van der Waals surface area contributed by atoms with Gasteiger partial charge in [0.2, 0.25) is 10.0 Å². The number of anilines is 1. The van der Waals surface area contributed by atoms with E-state index in [9.17, 15) is 17.6 Å². The molecule has 0 bridgehead atoms. The zero-order valence-corrected chi connectivity index (χ0v) is 19.4. The zero-order valence-electron chi connectivity index (χ0n) is 17.1. The van der Waals surface area contributed by atoms with Crippen molar-refractivity contribution in [3.05, 3.63) is 75.5 Å². The molecule has 1 aliphatic rings. The van der Waals surface area contributed by atoms with Crippen LogP contribution in [0.3, 0.4) is 0 Å². The highest BCUT2D eigenvalue weighted by molar-refractivity contribution is 7.89. The molecule has 1 fully saturated rings. The minimum Gasteiger partial charge on any atom is -0.298 e. The van der Waals surface area contributed by atoms with Crippen LogP contribution in [0.25, 0.3) is 0 Å². The second kappa shape index (κ2) is 9.66. The van der Waals surface area contributed by atoms with Gasteiger partial charge in [0.1, 0.15) is 10.7 Å². The van der Waals surface area contributed by atoms with Gasteiger partial charge in [0.15, 0.2) is 5.13 Å². The minimum absolute atomic E-state index is 0.0698. The van der Waals surface area contributed by atoms with Crippen molar-refractivity contribution in [2.24, 2.45) is 0 Å². The first kappa shape index (κ1) is 22.8. The van der Waals surface area contributed by atoms with E-state index in [0.29, 0.717) is 24.6 Å². The SMILES string of the molecule is O=C(Nc1ncc(Cc2cccc(F)c2)s1)c1ccc(Cl)c(S(=O)(=O)N2CCCCC2)c1. The molecule has 10 heteroatoms. The lowest BCUT2D eigenvalue weighted by Gasteiger charge is -2.26. The van der Waals surface area contributed by atoms with Gasteiger partial charge in [0.05, 0.1) is 5.02 Å². The molecular weight excluding hydrogens is 473 g/mol. The number of piperidine rings is 1. The first-order valence-corrected chi connectivity index (χ1v) is 12.8. The summed E-state index contributed by atoms with van der Waals surface area (Å²) in [5, 5.41) is 3.15. The summed E-state index contributed by atoms with van der Waals surface area (Å²) in [6, 6.07) is 10.5. The van der Waals surface area contributed by atoms with Gasteiger partial charge in [-0.15, -0.1) is 11.3 Å². The maximum absolute atomic E-state index is 13.4. The summed E-state index contributed by atoms with van der Waals surface area (Å²) in [5.41, 5.74) is 0.976. The Morgan fingerprint density at radius 2 is 1.94 bits per heavy atom. The highest BCUT2D eigenvalue weighted by Crippen LogP contribution is 2.29. The van der Waals surface area contributed by atoms with Crippen molar-refractivity contribution in [3.63, 3.8) is 0 Å². The number of hydrogen-bond donors (Lipinski definition) is 1. The van der Waals surface area contributed by atoms with Crippen molar-refractivity contribution in [1.29, 1.82) is 0 Å². The van der Waals surface area contributed by atoms with Crippen LogP contribution in [0.2, 0.25) is 5.02 Å². The predicted molar refractivity (Wildman–Crippen MR) is 123 cm³/mol. The normalized spacial score (nSPS) is 14.9. The lowest BCUT2D eigenvalue weighted by atomic mass is 10.1. The topological polar surface area (TPSA) is 79.4 Å². The van der Waals surface area contributed by atoms with Crippen LogP contribution < -0.4 is 5.32 Å². The van der Waals surface area contributed by atoms with Gasteiger partial charge in [-0.25, -0.2) is 17.8 Å². The van der Waals surface area contributed by atoms with Gasteiger partial charge in [-0.1, -0.05) is 30.2 Å². The molecule has 4 rings (SSSR count). The number of sulfonamides is 1. The Morgan fingerprint density at radius 3 is 2.69 bits per heavy atom. The third-order valence-electron chi connectivity index (χ3n) is 5.17. The largest absolute Gasteiger partial charge is 0.298 e. The van der Waals surface area contributed by atoms with Crippen molar-refractivity contribution in [2.75, 3.05) is 18.4 Å². The van der Waals surface area contributed by atoms with Crippen molar-refractivity contribution >= 4 is 44.0 Å². The van der Waals surface area contributed by atoms with Crippen LogP contribution in [0, 0.1) is 5.82 Å². The van der Waals surface area contributed by atoms with Crippen LogP contribution in [0.4, 0.5) is 9.52 Å². The summed E-state index contributed by atoms with van der Waals surface area (Å²) in [5.74, 6) is -0.790. The number of rotatable bonds is 6. The van der Waals surface area contributed by atoms with Gasteiger partial charge in [0, 0.05) is 36.1 Å². The van der Waals surface area contributed by atoms with E-state index in [4.69, 9.17) is 11.6 Å². The molecule has 2 aromatic carbocycles. The van der Waals surface area contributed by atoms with Gasteiger partial charge < -0.3 is 0 Å². The summed E-state index contributed by atoms with van der Waals surface area (Å²) in [6.45, 7) is 0.893. The van der Waals surface area contributed by atoms with E-state index in [0.717, 1.165) is 29.7 Å². The second-order valence-corrected chi connectivity index (χ2v) is 10.9. The third-order valence-corrected chi connectivity index (χ3v) is 8.46. The number of aromatic nitrogens is 1. The Bertz CT molecular complexity index is 1240. The van der Waals surface area contributed by atoms with E-state index in [-0.39, 0.29) is 21.3 Å². The molecule has 1 aliphatic heterocycles. The van der Waals surface area contributed by atoms with E-state index < -0.39 is 15.9 Å². The fraction of sp³-hybridized carbons (Fsp3) is 0.273. The zero-order chi connectivity index (χ0) is 22.7. The average molecular weight is 494 g/mol. The Hall–Kier alpha value is -2.33. The molecule has 6 nitrogen and oxygen atoms in total. The number of halogens is 2. The van der Waals surface area contributed by atoms with Gasteiger partial charge in [-0.2, -0.15) is 4.31 Å². The number of nitrogens with zero attached hydrogens (tertiary/aromatic N) is 2. The number of thiazole rings is 1. The van der Waals surface area contributed by atoms with E-state index in [1.807, 2.05) is 6.07 Å². The molecule has 1 saturated heterocycles. The summed E-state index contributed by atoms with van der Waals surface area (Å²) in [4.78, 5) is 17.7. The van der Waals surface area contributed by atoms with Gasteiger partial charge >= 0.3 is 0 Å². The van der Waals surface area contributed by atoms with Crippen LogP contribution in [-0.4, -0.2) is 36.7 Å². The molecule has 3 aromatic rings. The van der Waals surface area contributed by atoms with Gasteiger partial charge in [-0.3, -0.25) is 10.1 Å². The van der Waals surface area contributed by atoms with Crippen molar-refractivity contribution in [1.82, 2.24) is 9.29 Å². The Balaban J connectivity index is 1.49. The second-order valence-electron chi connectivity index (χ2n) is 7.50. The monoisotopic (exact) mass is 493 g/mol. The molecule has 0 saturated carbocycles. The molecule has 0 spiro atoms. The van der Waals surface area contributed by atoms with Crippen molar-refractivity contribution in [3.8, 4) is 0 Å². The highest BCUT2D eigenvalue weighted by Gasteiger charge is 2.28. The molecule has 2 heterocycles. The Morgan fingerprint density at radius 1 is 1.16 bits per heavy atom. The van der Waals surface area contributed by atoms with Crippen LogP contribution in [0.15, 0.2) is 53.6 Å². The van der Waals surface area contributed by atoms with E-state index >= 15 is 0 Å². The third kappa shape index (κ3) is 5.17. The quantitative estimate of drug-likeness (QED) is 0.526. The lowest BCUT2D eigenvalue weighted by Crippen LogP contribution is -2.35.